The summed E-state index contributed by atoms with van der Waals surface area (Å²) >= 11 is 0. The number of hydrogen-bond donors (Lipinski definition) is 0. The summed E-state index contributed by atoms with van der Waals surface area (Å²) in [7, 11) is 0. The Labute approximate surface area is 215 Å². The van der Waals surface area contributed by atoms with E-state index in [4.69, 9.17) is 0 Å². The van der Waals surface area contributed by atoms with Crippen LogP contribution in [0, 0.1) is 35.4 Å². The molecule has 1 aliphatic carbocycles. The molecule has 4 atom stereocenters. The van der Waals surface area contributed by atoms with Crippen molar-refractivity contribution in [2.24, 2.45) is 29.6 Å². The highest BCUT2D eigenvalue weighted by Crippen LogP contribution is 2.28. The first-order valence-electron chi connectivity index (χ1n) is 14.1. The second-order valence-corrected chi connectivity index (χ2v) is 10.7. The van der Waals surface area contributed by atoms with Gasteiger partial charge in [0.15, 0.2) is 0 Å². The fourth-order valence-corrected chi connectivity index (χ4v) is 5.06. The first-order chi connectivity index (χ1) is 16.7. The largest absolute Gasteiger partial charge is 0.299 e. The number of benzene rings is 2. The van der Waals surface area contributed by atoms with Crippen LogP contribution in [0.2, 0.25) is 0 Å². The van der Waals surface area contributed by atoms with E-state index in [1.165, 1.54) is 19.3 Å². The van der Waals surface area contributed by atoms with E-state index < -0.39 is 0 Å². The van der Waals surface area contributed by atoms with Crippen molar-refractivity contribution in [3.8, 4) is 11.1 Å². The second kappa shape index (κ2) is 16.7. The van der Waals surface area contributed by atoms with Crippen LogP contribution in [0.3, 0.4) is 0 Å². The molecule has 2 aromatic rings. The molecule has 1 nitrogen and oxygen atoms in total. The van der Waals surface area contributed by atoms with Crippen molar-refractivity contribution in [2.45, 2.75) is 100 Å². The Morgan fingerprint density at radius 2 is 1.63 bits per heavy atom. The molecule has 1 aliphatic rings. The molecule has 0 aromatic heterocycles. The SMILES string of the molecule is CC.CC1CCC(=O)C1C.CCC(CCc1ccc(-c2ccccc2)c(F)c1)CC(C)CC(C)C. The number of hydrogen-bond acceptors (Lipinski definition) is 1. The van der Waals surface area contributed by atoms with Crippen LogP contribution in [-0.4, -0.2) is 5.78 Å². The summed E-state index contributed by atoms with van der Waals surface area (Å²) < 4.78 is 14.5. The summed E-state index contributed by atoms with van der Waals surface area (Å²) in [6.45, 7) is 17.4. The quantitative estimate of drug-likeness (QED) is 0.347. The minimum atomic E-state index is -0.107. The molecule has 0 bridgehead atoms. The lowest BCUT2D eigenvalue weighted by atomic mass is 9.85. The molecule has 0 radical (unpaired) electrons. The topological polar surface area (TPSA) is 17.1 Å². The van der Waals surface area contributed by atoms with Gasteiger partial charge in [0, 0.05) is 17.9 Å². The van der Waals surface area contributed by atoms with Gasteiger partial charge in [-0.1, -0.05) is 104 Å². The number of carbonyl (C=O) groups excluding carboxylic acids is 1. The molecule has 0 aliphatic heterocycles. The van der Waals surface area contributed by atoms with Crippen LogP contribution in [0.15, 0.2) is 48.5 Å². The van der Waals surface area contributed by atoms with Gasteiger partial charge in [0.25, 0.3) is 0 Å². The molecule has 1 fully saturated rings. The molecule has 0 amide bonds. The van der Waals surface area contributed by atoms with Crippen LogP contribution in [0.5, 0.6) is 0 Å². The minimum absolute atomic E-state index is 0.107. The van der Waals surface area contributed by atoms with E-state index in [2.05, 4.69) is 40.7 Å². The molecule has 4 unspecified atom stereocenters. The molecular weight excluding hydrogens is 431 g/mol. The summed E-state index contributed by atoms with van der Waals surface area (Å²) in [4.78, 5) is 10.8. The third-order valence-electron chi connectivity index (χ3n) is 7.35. The average molecular weight is 483 g/mol. The van der Waals surface area contributed by atoms with Crippen LogP contribution in [-0.2, 0) is 11.2 Å². The highest BCUT2D eigenvalue weighted by atomic mass is 19.1. The van der Waals surface area contributed by atoms with Crippen molar-refractivity contribution >= 4 is 5.78 Å². The van der Waals surface area contributed by atoms with Gasteiger partial charge in [0.05, 0.1) is 0 Å². The molecule has 0 spiro atoms. The third-order valence-corrected chi connectivity index (χ3v) is 7.35. The fourth-order valence-electron chi connectivity index (χ4n) is 5.06. The van der Waals surface area contributed by atoms with Gasteiger partial charge in [0.1, 0.15) is 11.6 Å². The van der Waals surface area contributed by atoms with Crippen molar-refractivity contribution in [3.63, 3.8) is 0 Å². The Morgan fingerprint density at radius 1 is 0.971 bits per heavy atom. The number of Topliss-reactive ketones (excluding diaryl/α,β-unsaturated/α-hetero) is 1. The fraction of sp³-hybridized carbons (Fsp3) is 0.606. The molecule has 1 saturated carbocycles. The summed E-state index contributed by atoms with van der Waals surface area (Å²) in [6.07, 6.45) is 7.87. The van der Waals surface area contributed by atoms with Gasteiger partial charge in [0.2, 0.25) is 0 Å². The van der Waals surface area contributed by atoms with Crippen LogP contribution >= 0.6 is 0 Å². The Hall–Kier alpha value is -1.96. The Balaban J connectivity index is 0.000000512. The summed E-state index contributed by atoms with van der Waals surface area (Å²) in [5, 5.41) is 0. The second-order valence-electron chi connectivity index (χ2n) is 10.7. The van der Waals surface area contributed by atoms with Crippen LogP contribution in [0.4, 0.5) is 4.39 Å². The van der Waals surface area contributed by atoms with E-state index in [-0.39, 0.29) is 5.82 Å². The molecule has 2 aromatic carbocycles. The average Bonchev–Trinajstić information content (AvgIpc) is 3.14. The smallest absolute Gasteiger partial charge is 0.135 e. The van der Waals surface area contributed by atoms with Gasteiger partial charge in [-0.2, -0.15) is 0 Å². The van der Waals surface area contributed by atoms with E-state index in [1.54, 1.807) is 6.07 Å². The van der Waals surface area contributed by atoms with E-state index in [0.717, 1.165) is 54.6 Å². The van der Waals surface area contributed by atoms with E-state index in [9.17, 15) is 9.18 Å². The van der Waals surface area contributed by atoms with Crippen LogP contribution in [0.25, 0.3) is 11.1 Å². The lowest BCUT2D eigenvalue weighted by Gasteiger charge is -2.21. The zero-order valence-electron chi connectivity index (χ0n) is 23.7. The standard InChI is InChI=1S/C24H33F.C7H12O.C2H6/c1-5-20(16-19(4)15-18(2)3)11-12-21-13-14-23(24(25)17-21)22-9-7-6-8-10-22;1-5-3-4-7(8)6(5)2;1-2/h6-10,13-14,17-20H,5,11-12,15-16H2,1-4H3;5-6H,3-4H2,1-2H3;1-2H3. The van der Waals surface area contributed by atoms with Gasteiger partial charge in [-0.3, -0.25) is 4.79 Å². The summed E-state index contributed by atoms with van der Waals surface area (Å²) in [5.74, 6) is 3.62. The van der Waals surface area contributed by atoms with E-state index >= 15 is 0 Å². The normalized spacial score (nSPS) is 18.9. The van der Waals surface area contributed by atoms with Gasteiger partial charge < -0.3 is 0 Å². The molecule has 0 heterocycles. The Morgan fingerprint density at radius 3 is 2.09 bits per heavy atom. The lowest BCUT2D eigenvalue weighted by Crippen LogP contribution is -2.09. The third kappa shape index (κ3) is 11.1. The van der Waals surface area contributed by atoms with Crippen LogP contribution in [0.1, 0.15) is 99.5 Å². The van der Waals surface area contributed by atoms with Crippen molar-refractivity contribution in [3.05, 3.63) is 59.9 Å². The first kappa shape index (κ1) is 31.1. The summed E-state index contributed by atoms with van der Waals surface area (Å²) in [6, 6.07) is 15.5. The van der Waals surface area contributed by atoms with Gasteiger partial charge >= 0.3 is 0 Å². The number of aryl methyl sites for hydroxylation is 1. The monoisotopic (exact) mass is 482 g/mol. The highest BCUT2D eigenvalue weighted by Gasteiger charge is 2.26. The zero-order chi connectivity index (χ0) is 26.4. The number of ketones is 1. The Kier molecular flexibility index (Phi) is 14.8. The van der Waals surface area contributed by atoms with Gasteiger partial charge in [-0.15, -0.1) is 0 Å². The van der Waals surface area contributed by atoms with E-state index in [0.29, 0.717) is 23.2 Å². The zero-order valence-corrected chi connectivity index (χ0v) is 23.7. The molecule has 35 heavy (non-hydrogen) atoms. The van der Waals surface area contributed by atoms with Crippen molar-refractivity contribution < 1.29 is 9.18 Å². The predicted molar refractivity (Wildman–Crippen MR) is 151 cm³/mol. The van der Waals surface area contributed by atoms with Crippen molar-refractivity contribution in [1.82, 2.24) is 0 Å². The molecule has 0 saturated heterocycles. The molecular formula is C33H51FO. The molecule has 0 N–H and O–H groups in total. The van der Waals surface area contributed by atoms with E-state index in [1.807, 2.05) is 57.2 Å². The number of halogens is 1. The maximum Gasteiger partial charge on any atom is 0.135 e. The van der Waals surface area contributed by atoms with Crippen molar-refractivity contribution in [2.75, 3.05) is 0 Å². The highest BCUT2D eigenvalue weighted by molar-refractivity contribution is 5.82. The molecule has 3 rings (SSSR count). The number of rotatable bonds is 9. The first-order valence-corrected chi connectivity index (χ1v) is 14.1. The maximum atomic E-state index is 14.5. The minimum Gasteiger partial charge on any atom is -0.299 e. The van der Waals surface area contributed by atoms with Gasteiger partial charge in [-0.25, -0.2) is 4.39 Å². The molecule has 2 heteroatoms. The Bertz CT molecular complexity index is 841. The lowest BCUT2D eigenvalue weighted by molar-refractivity contribution is -0.120. The molecule has 196 valence electrons. The number of carbonyl (C=O) groups is 1. The predicted octanol–water partition coefficient (Wildman–Crippen LogP) is 10.2. The van der Waals surface area contributed by atoms with Gasteiger partial charge in [-0.05, 0) is 73.0 Å². The van der Waals surface area contributed by atoms with Crippen molar-refractivity contribution in [1.29, 1.82) is 0 Å². The maximum absolute atomic E-state index is 14.5. The van der Waals surface area contributed by atoms with Crippen LogP contribution < -0.4 is 0 Å². The summed E-state index contributed by atoms with van der Waals surface area (Å²) in [5.41, 5.74) is 2.76.